The fourth-order valence-electron chi connectivity index (χ4n) is 3.06. The number of nitrogens with zero attached hydrogens (tertiary/aromatic N) is 3. The molecule has 0 spiro atoms. The molecule has 1 heterocycles. The third-order valence-electron chi connectivity index (χ3n) is 4.76. The minimum atomic E-state index is -4.55. The quantitative estimate of drug-likeness (QED) is 0.395. The van der Waals surface area contributed by atoms with Crippen molar-refractivity contribution in [2.75, 3.05) is 20.3 Å². The zero-order valence-electron chi connectivity index (χ0n) is 17.9. The lowest BCUT2D eigenvalue weighted by molar-refractivity contribution is -0.137. The van der Waals surface area contributed by atoms with Crippen molar-refractivity contribution < 1.29 is 27.1 Å². The monoisotopic (exact) mass is 480 g/mol. The van der Waals surface area contributed by atoms with Crippen LogP contribution < -0.4 is 16.6 Å². The Morgan fingerprint density at radius 3 is 2.44 bits per heavy atom. The number of methoxy groups -OCH3 is 1. The van der Waals surface area contributed by atoms with Gasteiger partial charge >= 0.3 is 11.9 Å². The average molecular weight is 480 g/mol. The van der Waals surface area contributed by atoms with Gasteiger partial charge in [0.05, 0.1) is 17.8 Å². The number of nitrogens with one attached hydrogen (secondary N) is 1. The highest BCUT2D eigenvalue weighted by molar-refractivity contribution is 5.91. The Kier molecular flexibility index (Phi) is 7.61. The van der Waals surface area contributed by atoms with Crippen LogP contribution in [0.2, 0.25) is 0 Å². The van der Waals surface area contributed by atoms with Gasteiger partial charge in [0.1, 0.15) is 5.82 Å². The van der Waals surface area contributed by atoms with Crippen molar-refractivity contribution >= 4 is 5.91 Å². The number of benzene rings is 2. The SMILES string of the molecule is COCCCNC(=O)c1nn(-c2cccc(F)c2)c(=O)n(Cc2ccc(C(F)(F)F)cc2)c1=O. The fraction of sp³-hybridized carbons (Fsp3) is 0.273. The molecular weight excluding hydrogens is 460 g/mol. The normalized spacial score (nSPS) is 11.4. The number of hydrogen-bond donors (Lipinski definition) is 1. The summed E-state index contributed by atoms with van der Waals surface area (Å²) in [7, 11) is 1.48. The second kappa shape index (κ2) is 10.4. The van der Waals surface area contributed by atoms with Crippen LogP contribution in [0.4, 0.5) is 17.6 Å². The van der Waals surface area contributed by atoms with Crippen molar-refractivity contribution in [1.29, 1.82) is 0 Å². The van der Waals surface area contributed by atoms with Crippen molar-refractivity contribution in [2.24, 2.45) is 0 Å². The smallest absolute Gasteiger partial charge is 0.385 e. The van der Waals surface area contributed by atoms with E-state index in [2.05, 4.69) is 10.4 Å². The molecule has 0 saturated carbocycles. The molecule has 2 aromatic carbocycles. The Bertz CT molecular complexity index is 1280. The van der Waals surface area contributed by atoms with E-state index in [0.717, 1.165) is 36.4 Å². The van der Waals surface area contributed by atoms with Crippen LogP contribution >= 0.6 is 0 Å². The molecule has 12 heteroatoms. The Morgan fingerprint density at radius 2 is 1.82 bits per heavy atom. The summed E-state index contributed by atoms with van der Waals surface area (Å²) < 4.78 is 58.5. The van der Waals surface area contributed by atoms with Gasteiger partial charge in [0, 0.05) is 20.3 Å². The maximum Gasteiger partial charge on any atom is 0.416 e. The summed E-state index contributed by atoms with van der Waals surface area (Å²) in [5.41, 5.74) is -3.40. The van der Waals surface area contributed by atoms with Crippen LogP contribution in [0.3, 0.4) is 0 Å². The fourth-order valence-corrected chi connectivity index (χ4v) is 3.06. The van der Waals surface area contributed by atoms with Crippen LogP contribution in [-0.4, -0.2) is 40.5 Å². The molecule has 3 aromatic rings. The first-order valence-corrected chi connectivity index (χ1v) is 10.0. The highest BCUT2D eigenvalue weighted by Gasteiger charge is 2.30. The number of alkyl halides is 3. The average Bonchev–Trinajstić information content (AvgIpc) is 2.79. The molecule has 1 amide bonds. The standard InChI is InChI=1S/C22H20F4N4O4/c1-34-11-3-10-27-19(31)18-20(32)29(13-14-6-8-15(9-7-14)22(24,25)26)21(33)30(28-18)17-5-2-4-16(23)12-17/h2,4-9,12H,3,10-11,13H2,1H3,(H,27,31). The molecule has 0 bridgehead atoms. The lowest BCUT2D eigenvalue weighted by Crippen LogP contribution is -2.46. The Labute approximate surface area is 190 Å². The van der Waals surface area contributed by atoms with Gasteiger partial charge in [0.25, 0.3) is 11.5 Å². The Balaban J connectivity index is 2.06. The first-order valence-electron chi connectivity index (χ1n) is 10.0. The van der Waals surface area contributed by atoms with E-state index >= 15 is 0 Å². The summed E-state index contributed by atoms with van der Waals surface area (Å²) in [6.45, 7) is 0.0814. The van der Waals surface area contributed by atoms with Gasteiger partial charge < -0.3 is 10.1 Å². The summed E-state index contributed by atoms with van der Waals surface area (Å²) in [6, 6.07) is 8.65. The van der Waals surface area contributed by atoms with Crippen molar-refractivity contribution in [3.05, 3.63) is 92.0 Å². The maximum absolute atomic E-state index is 13.7. The molecule has 3 rings (SSSR count). The summed E-state index contributed by atoms with van der Waals surface area (Å²) in [4.78, 5) is 38.6. The second-order valence-electron chi connectivity index (χ2n) is 7.21. The van der Waals surface area contributed by atoms with Crippen LogP contribution in [-0.2, 0) is 17.5 Å². The third kappa shape index (κ3) is 5.76. The topological polar surface area (TPSA) is 95.2 Å². The predicted octanol–water partition coefficient (Wildman–Crippen LogP) is 2.37. The number of hydrogen-bond acceptors (Lipinski definition) is 5. The highest BCUT2D eigenvalue weighted by Crippen LogP contribution is 2.29. The van der Waals surface area contributed by atoms with Gasteiger partial charge in [-0.3, -0.25) is 14.2 Å². The third-order valence-corrected chi connectivity index (χ3v) is 4.76. The number of carbonyl (C=O) groups is 1. The van der Waals surface area contributed by atoms with Crippen molar-refractivity contribution in [1.82, 2.24) is 19.7 Å². The van der Waals surface area contributed by atoms with Gasteiger partial charge in [-0.05, 0) is 42.3 Å². The van der Waals surface area contributed by atoms with Gasteiger partial charge in [-0.1, -0.05) is 18.2 Å². The second-order valence-corrected chi connectivity index (χ2v) is 7.21. The van der Waals surface area contributed by atoms with Crippen molar-refractivity contribution in [2.45, 2.75) is 19.1 Å². The van der Waals surface area contributed by atoms with Crippen LogP contribution in [0.15, 0.2) is 58.1 Å². The summed E-state index contributed by atoms with van der Waals surface area (Å²) in [5.74, 6) is -1.55. The number of amides is 1. The Hall–Kier alpha value is -3.80. The van der Waals surface area contributed by atoms with Gasteiger partial charge in [0.2, 0.25) is 5.69 Å². The molecule has 0 fully saturated rings. The van der Waals surface area contributed by atoms with Crippen molar-refractivity contribution in [3.8, 4) is 5.69 Å². The molecule has 0 aliphatic heterocycles. The number of rotatable bonds is 8. The van der Waals surface area contributed by atoms with E-state index in [9.17, 15) is 31.9 Å². The molecule has 34 heavy (non-hydrogen) atoms. The molecule has 0 aliphatic rings. The minimum absolute atomic E-state index is 0.0420. The summed E-state index contributed by atoms with van der Waals surface area (Å²) in [5, 5.41) is 6.33. The lowest BCUT2D eigenvalue weighted by atomic mass is 10.1. The minimum Gasteiger partial charge on any atom is -0.385 e. The first-order chi connectivity index (χ1) is 16.1. The van der Waals surface area contributed by atoms with Gasteiger partial charge in [-0.25, -0.2) is 9.18 Å². The van der Waals surface area contributed by atoms with Gasteiger partial charge in [-0.15, -0.1) is 0 Å². The van der Waals surface area contributed by atoms with Crippen LogP contribution in [0.5, 0.6) is 0 Å². The molecular formula is C22H20F4N4O4. The van der Waals surface area contributed by atoms with E-state index < -0.39 is 47.0 Å². The Morgan fingerprint density at radius 1 is 1.12 bits per heavy atom. The largest absolute Gasteiger partial charge is 0.416 e. The number of ether oxygens (including phenoxy) is 1. The molecule has 180 valence electrons. The molecule has 1 N–H and O–H groups in total. The van der Waals surface area contributed by atoms with Crippen LogP contribution in [0.1, 0.15) is 28.0 Å². The van der Waals surface area contributed by atoms with Gasteiger partial charge in [-0.2, -0.15) is 23.0 Å². The molecule has 0 saturated heterocycles. The van der Waals surface area contributed by atoms with E-state index in [4.69, 9.17) is 4.74 Å². The van der Waals surface area contributed by atoms with E-state index in [1.807, 2.05) is 0 Å². The van der Waals surface area contributed by atoms with Crippen LogP contribution in [0, 0.1) is 5.82 Å². The molecule has 1 aromatic heterocycles. The number of halogens is 4. The van der Waals surface area contributed by atoms with E-state index in [1.54, 1.807) is 0 Å². The molecule has 0 atom stereocenters. The zero-order valence-corrected chi connectivity index (χ0v) is 17.9. The first kappa shape index (κ1) is 24.8. The van der Waals surface area contributed by atoms with Gasteiger partial charge in [0.15, 0.2) is 0 Å². The predicted molar refractivity (Wildman–Crippen MR) is 113 cm³/mol. The van der Waals surface area contributed by atoms with E-state index in [-0.39, 0.29) is 17.8 Å². The molecule has 8 nitrogen and oxygen atoms in total. The molecule has 0 aliphatic carbocycles. The maximum atomic E-state index is 13.7. The zero-order chi connectivity index (χ0) is 24.9. The summed E-state index contributed by atoms with van der Waals surface area (Å²) in [6.07, 6.45) is -4.10. The highest BCUT2D eigenvalue weighted by atomic mass is 19.4. The van der Waals surface area contributed by atoms with E-state index in [1.165, 1.54) is 19.2 Å². The lowest BCUT2D eigenvalue weighted by Gasteiger charge is -2.13. The van der Waals surface area contributed by atoms with Crippen LogP contribution in [0.25, 0.3) is 5.69 Å². The summed E-state index contributed by atoms with van der Waals surface area (Å²) >= 11 is 0. The van der Waals surface area contributed by atoms with Crippen molar-refractivity contribution in [3.63, 3.8) is 0 Å². The number of aromatic nitrogens is 3. The molecule has 0 unspecified atom stereocenters. The molecule has 0 radical (unpaired) electrons. The number of carbonyl (C=O) groups excluding carboxylic acids is 1. The van der Waals surface area contributed by atoms with E-state index in [0.29, 0.717) is 22.3 Å².